The van der Waals surface area contributed by atoms with Crippen LogP contribution < -0.4 is 11.0 Å². The second-order valence-corrected chi connectivity index (χ2v) is 11.9. The van der Waals surface area contributed by atoms with E-state index in [0.717, 1.165) is 0 Å². The molecule has 2 rings (SSSR count). The lowest BCUT2D eigenvalue weighted by molar-refractivity contribution is -0.142. The van der Waals surface area contributed by atoms with Gasteiger partial charge in [-0.1, -0.05) is 34.1 Å². The molecule has 1 fully saturated rings. The minimum Gasteiger partial charge on any atom is -0.461 e. The van der Waals surface area contributed by atoms with Gasteiger partial charge >= 0.3 is 19.3 Å². The molecule has 3 N–H and O–H groups in total. The molecule has 1 amide bonds. The largest absolute Gasteiger partial charge is 0.461 e. The molecule has 0 aromatic carbocycles. The lowest BCUT2D eigenvalue weighted by Gasteiger charge is -2.40. The fourth-order valence-electron chi connectivity index (χ4n) is 4.70. The van der Waals surface area contributed by atoms with Crippen LogP contribution in [0.4, 0.5) is 5.82 Å². The summed E-state index contributed by atoms with van der Waals surface area (Å²) in [6.07, 6.45) is 3.29. The van der Waals surface area contributed by atoms with Crippen LogP contribution in [0.25, 0.3) is 0 Å². The lowest BCUT2D eigenvalue weighted by atomic mass is 9.90. The molecule has 13 heteroatoms. The van der Waals surface area contributed by atoms with E-state index in [9.17, 15) is 28.9 Å². The normalized spacial score (nSPS) is 20.9. The van der Waals surface area contributed by atoms with Gasteiger partial charge in [-0.15, -0.1) is 0 Å². The Morgan fingerprint density at radius 3 is 2.39 bits per heavy atom. The summed E-state index contributed by atoms with van der Waals surface area (Å²) in [5.41, 5.74) is -1.33. The molecule has 38 heavy (non-hydrogen) atoms. The van der Waals surface area contributed by atoms with Crippen LogP contribution in [0.2, 0.25) is 0 Å². The number of nitrogens with zero attached hydrogens (tertiary/aromatic N) is 2. The molecular formula is C25H42N3O9P. The molecule has 0 radical (unpaired) electrons. The number of amides is 1. The van der Waals surface area contributed by atoms with Crippen LogP contribution in [0.1, 0.15) is 105 Å². The zero-order valence-electron chi connectivity index (χ0n) is 23.2. The second-order valence-electron chi connectivity index (χ2n) is 9.85. The Kier molecular flexibility index (Phi) is 11.2. The minimum atomic E-state index is -4.40. The highest BCUT2D eigenvalue weighted by Crippen LogP contribution is 2.61. The first-order chi connectivity index (χ1) is 17.7. The van der Waals surface area contributed by atoms with E-state index in [0.29, 0.717) is 44.1 Å². The van der Waals surface area contributed by atoms with Crippen LogP contribution >= 0.6 is 7.60 Å². The molecule has 0 bridgehead atoms. The molecule has 2 heterocycles. The van der Waals surface area contributed by atoms with E-state index >= 15 is 0 Å². The molecule has 4 unspecified atom stereocenters. The monoisotopic (exact) mass is 559 g/mol. The van der Waals surface area contributed by atoms with Crippen molar-refractivity contribution in [1.29, 1.82) is 0 Å². The van der Waals surface area contributed by atoms with Gasteiger partial charge < -0.3 is 24.8 Å². The topological polar surface area (TPSA) is 166 Å². The van der Waals surface area contributed by atoms with Gasteiger partial charge in [-0.25, -0.2) is 4.79 Å². The zero-order valence-corrected chi connectivity index (χ0v) is 24.1. The number of aliphatic hydroxyl groups is 1. The number of aromatic nitrogens is 2. The smallest absolute Gasteiger partial charge is 0.359 e. The lowest BCUT2D eigenvalue weighted by Crippen LogP contribution is -2.39. The third kappa shape index (κ3) is 7.72. The summed E-state index contributed by atoms with van der Waals surface area (Å²) in [6.45, 7) is 9.53. The summed E-state index contributed by atoms with van der Waals surface area (Å²) >= 11 is 0. The maximum Gasteiger partial charge on any atom is 0.359 e. The van der Waals surface area contributed by atoms with Crippen LogP contribution in [-0.4, -0.2) is 48.5 Å². The fourth-order valence-corrected chi connectivity index (χ4v) is 6.64. The number of anilines is 1. The van der Waals surface area contributed by atoms with Crippen molar-refractivity contribution in [2.75, 3.05) is 5.32 Å². The van der Waals surface area contributed by atoms with Gasteiger partial charge in [0, 0.05) is 32.0 Å². The Morgan fingerprint density at radius 2 is 1.87 bits per heavy atom. The van der Waals surface area contributed by atoms with Crippen molar-refractivity contribution in [3.63, 3.8) is 0 Å². The van der Waals surface area contributed by atoms with Crippen LogP contribution in [0, 0.1) is 0 Å². The highest BCUT2D eigenvalue weighted by atomic mass is 31.2. The maximum absolute atomic E-state index is 13.3. The van der Waals surface area contributed by atoms with E-state index in [2.05, 4.69) is 10.3 Å². The second kappa shape index (κ2) is 13.3. The van der Waals surface area contributed by atoms with Crippen LogP contribution in [0.15, 0.2) is 11.0 Å². The molecule has 1 aliphatic rings. The maximum atomic E-state index is 13.3. The first-order valence-corrected chi connectivity index (χ1v) is 14.8. The summed E-state index contributed by atoms with van der Waals surface area (Å²) in [4.78, 5) is 50.4. The zero-order chi connectivity index (χ0) is 28.7. The van der Waals surface area contributed by atoms with Gasteiger partial charge in [0.15, 0.2) is 5.34 Å². The summed E-state index contributed by atoms with van der Waals surface area (Å²) in [5, 5.41) is 11.5. The standard InChI is InChI=1S/C25H42N3O9P/c1-7-13-25(32,10-4)38(33,34)37-24(8-2,9-3)14-20-11-12-21(36-20)28-15-19(16-35-18(6)30)22(26-17(5)29)27-23(28)31/h15,20-21,32H,7-14,16H2,1-6H3,(H,33,34)(H,26,27,29,31). The van der Waals surface area contributed by atoms with E-state index in [1.807, 2.05) is 20.8 Å². The predicted molar refractivity (Wildman–Crippen MR) is 140 cm³/mol. The number of carbonyl (C=O) groups is 2. The Balaban J connectivity index is 2.27. The van der Waals surface area contributed by atoms with Crippen molar-refractivity contribution in [3.8, 4) is 0 Å². The van der Waals surface area contributed by atoms with Gasteiger partial charge in [0.1, 0.15) is 18.7 Å². The van der Waals surface area contributed by atoms with Gasteiger partial charge in [-0.05, 0) is 38.5 Å². The quantitative estimate of drug-likeness (QED) is 0.224. The molecule has 1 saturated heterocycles. The predicted octanol–water partition coefficient (Wildman–Crippen LogP) is 3.99. The van der Waals surface area contributed by atoms with Crippen molar-refractivity contribution < 1.29 is 38.2 Å². The van der Waals surface area contributed by atoms with Gasteiger partial charge in [0.2, 0.25) is 5.91 Å². The molecule has 1 aromatic rings. The number of hydrogen-bond donors (Lipinski definition) is 3. The van der Waals surface area contributed by atoms with E-state index < -0.39 is 42.3 Å². The number of esters is 1. The van der Waals surface area contributed by atoms with Crippen LogP contribution in [-0.2, 0) is 34.8 Å². The summed E-state index contributed by atoms with van der Waals surface area (Å²) in [7, 11) is -4.40. The first-order valence-electron chi connectivity index (χ1n) is 13.2. The third-order valence-electron chi connectivity index (χ3n) is 7.10. The number of rotatable bonds is 14. The Bertz CT molecular complexity index is 1090. The third-order valence-corrected chi connectivity index (χ3v) is 9.32. The Labute approximate surface area is 223 Å². The molecular weight excluding hydrogens is 517 g/mol. The van der Waals surface area contributed by atoms with Gasteiger partial charge in [0.25, 0.3) is 0 Å². The first kappa shape index (κ1) is 32.1. The highest BCUT2D eigenvalue weighted by Gasteiger charge is 2.50. The van der Waals surface area contributed by atoms with Gasteiger partial charge in [0.05, 0.1) is 11.7 Å². The fraction of sp³-hybridized carbons (Fsp3) is 0.760. The van der Waals surface area contributed by atoms with E-state index in [-0.39, 0.29) is 31.4 Å². The van der Waals surface area contributed by atoms with Crippen molar-refractivity contribution in [2.24, 2.45) is 0 Å². The highest BCUT2D eigenvalue weighted by molar-refractivity contribution is 7.54. The summed E-state index contributed by atoms with van der Waals surface area (Å²) in [5.74, 6) is -0.950. The number of hydrogen-bond acceptors (Lipinski definition) is 9. The average molecular weight is 560 g/mol. The molecule has 0 aliphatic carbocycles. The number of ether oxygens (including phenoxy) is 2. The number of nitrogens with one attached hydrogen (secondary N) is 1. The van der Waals surface area contributed by atoms with E-state index in [4.69, 9.17) is 14.0 Å². The van der Waals surface area contributed by atoms with Crippen LogP contribution in [0.5, 0.6) is 0 Å². The van der Waals surface area contributed by atoms with E-state index in [1.165, 1.54) is 24.6 Å². The molecule has 12 nitrogen and oxygen atoms in total. The molecule has 4 atom stereocenters. The molecule has 1 aliphatic heterocycles. The summed E-state index contributed by atoms with van der Waals surface area (Å²) < 4.78 is 31.7. The van der Waals surface area contributed by atoms with Crippen molar-refractivity contribution in [3.05, 3.63) is 22.2 Å². The van der Waals surface area contributed by atoms with E-state index in [1.54, 1.807) is 6.92 Å². The average Bonchev–Trinajstić information content (AvgIpc) is 3.30. The summed E-state index contributed by atoms with van der Waals surface area (Å²) in [6, 6.07) is 0. The molecule has 0 saturated carbocycles. The van der Waals surface area contributed by atoms with Crippen molar-refractivity contribution in [1.82, 2.24) is 9.55 Å². The Hall–Kier alpha value is -2.11. The molecule has 216 valence electrons. The van der Waals surface area contributed by atoms with Crippen molar-refractivity contribution in [2.45, 2.75) is 123 Å². The Morgan fingerprint density at radius 1 is 1.21 bits per heavy atom. The van der Waals surface area contributed by atoms with Crippen molar-refractivity contribution >= 4 is 25.3 Å². The van der Waals surface area contributed by atoms with Crippen LogP contribution in [0.3, 0.4) is 0 Å². The number of carbonyl (C=O) groups excluding carboxylic acids is 2. The SMILES string of the molecule is CCCC(O)(CC)P(=O)(O)OC(CC)(CC)CC1CCC(n2cc(COC(C)=O)c(NC(C)=O)nc2=O)O1. The molecule has 1 aromatic heterocycles. The van der Waals surface area contributed by atoms with Gasteiger partial charge in [-0.3, -0.25) is 23.2 Å². The minimum absolute atomic E-state index is 0.00752. The van der Waals surface area contributed by atoms with Gasteiger partial charge in [-0.2, -0.15) is 4.98 Å². The molecule has 0 spiro atoms.